The summed E-state index contributed by atoms with van der Waals surface area (Å²) >= 11 is 1.64. The highest BCUT2D eigenvalue weighted by Gasteiger charge is 2.16. The van der Waals surface area contributed by atoms with Crippen molar-refractivity contribution in [2.24, 2.45) is 0 Å². The molecule has 1 atom stereocenters. The lowest BCUT2D eigenvalue weighted by molar-refractivity contribution is -0.385. The van der Waals surface area contributed by atoms with Crippen LogP contribution in [0.25, 0.3) is 0 Å². The summed E-state index contributed by atoms with van der Waals surface area (Å²) in [6.45, 7) is 4.07. The summed E-state index contributed by atoms with van der Waals surface area (Å²) < 4.78 is 5.06. The molecule has 6 nitrogen and oxygen atoms in total. The van der Waals surface area contributed by atoms with Crippen molar-refractivity contribution >= 4 is 22.7 Å². The predicted octanol–water partition coefficient (Wildman–Crippen LogP) is 3.80. The zero-order valence-corrected chi connectivity index (χ0v) is 12.9. The van der Waals surface area contributed by atoms with Crippen LogP contribution in [0, 0.1) is 10.1 Å². The third kappa shape index (κ3) is 3.49. The number of aromatic nitrogens is 1. The van der Waals surface area contributed by atoms with E-state index in [4.69, 9.17) is 4.74 Å². The van der Waals surface area contributed by atoms with Gasteiger partial charge in [0.05, 0.1) is 28.8 Å². The summed E-state index contributed by atoms with van der Waals surface area (Å²) in [5, 5.41) is 17.3. The first kappa shape index (κ1) is 15.2. The van der Waals surface area contributed by atoms with E-state index in [0.717, 1.165) is 22.8 Å². The molecule has 2 rings (SSSR count). The van der Waals surface area contributed by atoms with Gasteiger partial charge in [-0.25, -0.2) is 4.98 Å². The Morgan fingerprint density at radius 2 is 2.29 bits per heavy atom. The molecule has 21 heavy (non-hydrogen) atoms. The van der Waals surface area contributed by atoms with E-state index in [1.807, 2.05) is 12.3 Å². The number of nitrogens with zero attached hydrogens (tertiary/aromatic N) is 2. The first-order chi connectivity index (χ1) is 10.0. The minimum atomic E-state index is -0.458. The summed E-state index contributed by atoms with van der Waals surface area (Å²) in [6, 6.07) is 4.76. The first-order valence-electron chi connectivity index (χ1n) is 6.58. The number of nitro groups is 1. The molecular weight excluding hydrogens is 290 g/mol. The third-order valence-corrected chi connectivity index (χ3v) is 4.09. The van der Waals surface area contributed by atoms with Crippen LogP contribution < -0.4 is 10.1 Å². The minimum absolute atomic E-state index is 0.0210. The molecule has 0 amide bonds. The number of ether oxygens (including phenoxy) is 1. The molecule has 1 unspecified atom stereocenters. The van der Waals surface area contributed by atoms with Crippen LogP contribution in [-0.2, 0) is 6.42 Å². The average molecular weight is 307 g/mol. The summed E-state index contributed by atoms with van der Waals surface area (Å²) in [7, 11) is 1.42. The monoisotopic (exact) mass is 307 g/mol. The topological polar surface area (TPSA) is 77.3 Å². The van der Waals surface area contributed by atoms with E-state index < -0.39 is 4.92 Å². The molecule has 1 N–H and O–H groups in total. The van der Waals surface area contributed by atoms with Gasteiger partial charge >= 0.3 is 5.69 Å². The van der Waals surface area contributed by atoms with E-state index in [-0.39, 0.29) is 17.5 Å². The SMILES string of the molecule is CCc1nc(C(C)Nc2ccc([N+](=O)[O-])c(OC)c2)cs1. The quantitative estimate of drug-likeness (QED) is 0.649. The third-order valence-electron chi connectivity index (χ3n) is 3.08. The molecule has 0 saturated carbocycles. The Bertz CT molecular complexity index is 642. The van der Waals surface area contributed by atoms with Gasteiger partial charge in [-0.2, -0.15) is 0 Å². The Kier molecular flexibility index (Phi) is 4.74. The molecule has 1 aromatic carbocycles. The smallest absolute Gasteiger partial charge is 0.311 e. The van der Waals surface area contributed by atoms with Crippen LogP contribution in [0.15, 0.2) is 23.6 Å². The van der Waals surface area contributed by atoms with Crippen molar-refractivity contribution in [3.63, 3.8) is 0 Å². The normalized spacial score (nSPS) is 12.0. The minimum Gasteiger partial charge on any atom is -0.490 e. The molecule has 0 spiro atoms. The summed E-state index contributed by atoms with van der Waals surface area (Å²) in [4.78, 5) is 14.9. The Hall–Kier alpha value is -2.15. The Labute approximate surface area is 126 Å². The van der Waals surface area contributed by atoms with Crippen molar-refractivity contribution in [2.75, 3.05) is 12.4 Å². The van der Waals surface area contributed by atoms with Gasteiger partial charge in [0, 0.05) is 23.2 Å². The number of nitrogens with one attached hydrogen (secondary N) is 1. The molecule has 0 saturated heterocycles. The number of thiazole rings is 1. The van der Waals surface area contributed by atoms with Crippen molar-refractivity contribution in [1.82, 2.24) is 4.98 Å². The first-order valence-corrected chi connectivity index (χ1v) is 7.46. The molecule has 1 aromatic heterocycles. The zero-order chi connectivity index (χ0) is 15.4. The van der Waals surface area contributed by atoms with Crippen molar-refractivity contribution < 1.29 is 9.66 Å². The highest BCUT2D eigenvalue weighted by Crippen LogP contribution is 2.31. The zero-order valence-electron chi connectivity index (χ0n) is 12.1. The number of hydrogen-bond donors (Lipinski definition) is 1. The molecule has 0 radical (unpaired) electrons. The molecule has 0 aliphatic rings. The molecule has 0 aliphatic carbocycles. The van der Waals surface area contributed by atoms with Gasteiger partial charge in [0.15, 0.2) is 5.75 Å². The lowest BCUT2D eigenvalue weighted by atomic mass is 10.2. The molecule has 0 bridgehead atoms. The lowest BCUT2D eigenvalue weighted by Crippen LogP contribution is -2.07. The summed E-state index contributed by atoms with van der Waals surface area (Å²) in [5.41, 5.74) is 1.68. The highest BCUT2D eigenvalue weighted by molar-refractivity contribution is 7.09. The van der Waals surface area contributed by atoms with Crippen molar-refractivity contribution in [2.45, 2.75) is 26.3 Å². The van der Waals surface area contributed by atoms with Crippen LogP contribution in [-0.4, -0.2) is 17.0 Å². The highest BCUT2D eigenvalue weighted by atomic mass is 32.1. The van der Waals surface area contributed by atoms with Gasteiger partial charge < -0.3 is 10.1 Å². The second-order valence-electron chi connectivity index (χ2n) is 4.53. The fourth-order valence-electron chi connectivity index (χ4n) is 1.93. The Morgan fingerprint density at radius 1 is 1.52 bits per heavy atom. The fourth-order valence-corrected chi connectivity index (χ4v) is 2.77. The number of hydrogen-bond acceptors (Lipinski definition) is 6. The maximum atomic E-state index is 10.9. The summed E-state index contributed by atoms with van der Waals surface area (Å²) in [5.74, 6) is 0.240. The Morgan fingerprint density at radius 3 is 2.86 bits per heavy atom. The number of methoxy groups -OCH3 is 1. The van der Waals surface area contributed by atoms with Gasteiger partial charge in [-0.3, -0.25) is 10.1 Å². The van der Waals surface area contributed by atoms with Gasteiger partial charge in [0.25, 0.3) is 0 Å². The maximum Gasteiger partial charge on any atom is 0.311 e. The average Bonchev–Trinajstić information content (AvgIpc) is 2.95. The number of anilines is 1. The molecule has 2 aromatic rings. The summed E-state index contributed by atoms with van der Waals surface area (Å²) in [6.07, 6.45) is 0.919. The number of aryl methyl sites for hydroxylation is 1. The van der Waals surface area contributed by atoms with Crippen LogP contribution in [0.3, 0.4) is 0 Å². The molecule has 1 heterocycles. The molecule has 7 heteroatoms. The maximum absolute atomic E-state index is 10.9. The van der Waals surface area contributed by atoms with Crippen LogP contribution in [0.1, 0.15) is 30.6 Å². The second-order valence-corrected chi connectivity index (χ2v) is 5.47. The van der Waals surface area contributed by atoms with Crippen molar-refractivity contribution in [3.8, 4) is 5.75 Å². The fraction of sp³-hybridized carbons (Fsp3) is 0.357. The van der Waals surface area contributed by atoms with Crippen LogP contribution >= 0.6 is 11.3 Å². The van der Waals surface area contributed by atoms with E-state index in [1.165, 1.54) is 13.2 Å². The van der Waals surface area contributed by atoms with Crippen molar-refractivity contribution in [3.05, 3.63) is 44.4 Å². The van der Waals surface area contributed by atoms with Gasteiger partial charge in [-0.05, 0) is 19.4 Å². The predicted molar refractivity (Wildman–Crippen MR) is 83.2 cm³/mol. The second kappa shape index (κ2) is 6.53. The van der Waals surface area contributed by atoms with Crippen LogP contribution in [0.4, 0.5) is 11.4 Å². The molecule has 0 aliphatic heterocycles. The molecular formula is C14H17N3O3S. The van der Waals surface area contributed by atoms with E-state index in [2.05, 4.69) is 17.2 Å². The van der Waals surface area contributed by atoms with Gasteiger partial charge in [0.2, 0.25) is 0 Å². The van der Waals surface area contributed by atoms with Gasteiger partial charge in [-0.1, -0.05) is 6.92 Å². The number of rotatable bonds is 6. The van der Waals surface area contributed by atoms with Crippen LogP contribution in [0.2, 0.25) is 0 Å². The lowest BCUT2D eigenvalue weighted by Gasteiger charge is -2.14. The largest absolute Gasteiger partial charge is 0.490 e. The van der Waals surface area contributed by atoms with Gasteiger partial charge in [0.1, 0.15) is 0 Å². The molecule has 0 fully saturated rings. The number of nitro benzene ring substituents is 1. The van der Waals surface area contributed by atoms with E-state index in [9.17, 15) is 10.1 Å². The van der Waals surface area contributed by atoms with Crippen molar-refractivity contribution in [1.29, 1.82) is 0 Å². The molecule has 112 valence electrons. The van der Waals surface area contributed by atoms with Crippen LogP contribution in [0.5, 0.6) is 5.75 Å². The standard InChI is InChI=1S/C14H17N3O3S/c1-4-14-16-11(8-21-14)9(2)15-10-5-6-12(17(18)19)13(7-10)20-3/h5-9,15H,4H2,1-3H3. The Balaban J connectivity index is 2.17. The van der Waals surface area contributed by atoms with E-state index in [0.29, 0.717) is 0 Å². The van der Waals surface area contributed by atoms with E-state index >= 15 is 0 Å². The number of benzene rings is 1. The van der Waals surface area contributed by atoms with E-state index in [1.54, 1.807) is 23.5 Å². The van der Waals surface area contributed by atoms with Gasteiger partial charge in [-0.15, -0.1) is 11.3 Å².